The van der Waals surface area contributed by atoms with E-state index in [-0.39, 0.29) is 11.9 Å². The summed E-state index contributed by atoms with van der Waals surface area (Å²) in [5, 5.41) is 3.17. The summed E-state index contributed by atoms with van der Waals surface area (Å²) >= 11 is 0. The molecule has 1 fully saturated rings. The molecule has 148 valence electrons. The van der Waals surface area contributed by atoms with Crippen LogP contribution in [0.4, 0.5) is 11.5 Å². The normalized spacial score (nSPS) is 15.7. The maximum Gasteiger partial charge on any atom is 0.282 e. The van der Waals surface area contributed by atoms with Crippen molar-refractivity contribution in [2.45, 2.75) is 13.0 Å². The first-order valence-corrected chi connectivity index (χ1v) is 10.2. The van der Waals surface area contributed by atoms with Crippen molar-refractivity contribution in [2.24, 2.45) is 0 Å². The van der Waals surface area contributed by atoms with Gasteiger partial charge < -0.3 is 10.2 Å². The molecule has 1 aliphatic heterocycles. The molecule has 0 saturated carbocycles. The lowest BCUT2D eigenvalue weighted by atomic mass is 10.0. The average Bonchev–Trinajstić information content (AvgIpc) is 2.80. The number of H-pyrrole nitrogens is 1. The smallest absolute Gasteiger partial charge is 0.282 e. The van der Waals surface area contributed by atoms with Gasteiger partial charge in [-0.1, -0.05) is 54.6 Å². The van der Waals surface area contributed by atoms with E-state index in [2.05, 4.69) is 39.5 Å². The fraction of sp³-hybridized carbons (Fsp3) is 0.250. The SMILES string of the molecule is C[C@H](C(=O)Nc1ccccc1-c1ccccc1)[NH+]1CCN(c2cccc[nH+]2)CC1. The van der Waals surface area contributed by atoms with Crippen LogP contribution in [0.5, 0.6) is 0 Å². The van der Waals surface area contributed by atoms with Gasteiger partial charge in [0.2, 0.25) is 0 Å². The predicted molar refractivity (Wildman–Crippen MR) is 116 cm³/mol. The van der Waals surface area contributed by atoms with Crippen molar-refractivity contribution in [3.8, 4) is 11.1 Å². The van der Waals surface area contributed by atoms with E-state index in [0.29, 0.717) is 0 Å². The molecule has 5 nitrogen and oxygen atoms in total. The summed E-state index contributed by atoms with van der Waals surface area (Å²) in [6.07, 6.45) is 1.95. The summed E-state index contributed by atoms with van der Waals surface area (Å²) < 4.78 is 0. The number of hydrogen-bond donors (Lipinski definition) is 2. The maximum atomic E-state index is 13.0. The van der Waals surface area contributed by atoms with Crippen LogP contribution in [0.1, 0.15) is 6.92 Å². The number of para-hydroxylation sites is 1. The molecule has 0 radical (unpaired) electrons. The highest BCUT2D eigenvalue weighted by Crippen LogP contribution is 2.27. The van der Waals surface area contributed by atoms with Gasteiger partial charge >= 0.3 is 0 Å². The Morgan fingerprint density at radius 2 is 1.66 bits per heavy atom. The van der Waals surface area contributed by atoms with Gasteiger partial charge in [-0.25, -0.2) is 4.98 Å². The Labute approximate surface area is 172 Å². The van der Waals surface area contributed by atoms with Crippen LogP contribution in [0.2, 0.25) is 0 Å². The molecule has 0 aliphatic carbocycles. The number of amides is 1. The number of rotatable bonds is 5. The van der Waals surface area contributed by atoms with E-state index in [4.69, 9.17) is 0 Å². The highest BCUT2D eigenvalue weighted by molar-refractivity contribution is 5.97. The quantitative estimate of drug-likeness (QED) is 0.701. The Balaban J connectivity index is 1.40. The summed E-state index contributed by atoms with van der Waals surface area (Å²) in [6, 6.07) is 24.2. The van der Waals surface area contributed by atoms with Crippen LogP contribution in [0, 0.1) is 0 Å². The zero-order chi connectivity index (χ0) is 20.1. The third-order valence-corrected chi connectivity index (χ3v) is 5.71. The van der Waals surface area contributed by atoms with E-state index in [0.717, 1.165) is 48.8 Å². The molecule has 0 spiro atoms. The zero-order valence-corrected chi connectivity index (χ0v) is 16.8. The number of pyridine rings is 1. The van der Waals surface area contributed by atoms with Gasteiger partial charge in [-0.15, -0.1) is 0 Å². The number of nitrogens with zero attached hydrogens (tertiary/aromatic N) is 1. The number of nitrogens with one attached hydrogen (secondary N) is 3. The number of benzene rings is 2. The molecule has 3 N–H and O–H groups in total. The summed E-state index contributed by atoms with van der Waals surface area (Å²) in [7, 11) is 0. The molecule has 1 atom stereocenters. The first kappa shape index (κ1) is 19.2. The lowest BCUT2D eigenvalue weighted by Crippen LogP contribution is -3.19. The van der Waals surface area contributed by atoms with Crippen LogP contribution < -0.4 is 20.1 Å². The summed E-state index contributed by atoms with van der Waals surface area (Å²) in [4.78, 5) is 20.0. The Hall–Kier alpha value is -3.18. The van der Waals surface area contributed by atoms with Gasteiger partial charge in [-0.2, -0.15) is 0 Å². The van der Waals surface area contributed by atoms with E-state index in [1.165, 1.54) is 4.90 Å². The van der Waals surface area contributed by atoms with Gasteiger partial charge in [-0.05, 0) is 24.6 Å². The van der Waals surface area contributed by atoms with Gasteiger partial charge in [0.05, 0.1) is 6.20 Å². The summed E-state index contributed by atoms with van der Waals surface area (Å²) in [5.41, 5.74) is 3.02. The third kappa shape index (κ3) is 4.46. The average molecular weight is 389 g/mol. The molecule has 0 unspecified atom stereocenters. The number of aromatic nitrogens is 1. The van der Waals surface area contributed by atoms with Crippen LogP contribution in [0.15, 0.2) is 79.0 Å². The van der Waals surface area contributed by atoms with Gasteiger partial charge in [0.25, 0.3) is 11.7 Å². The van der Waals surface area contributed by atoms with Crippen LogP contribution in [0.3, 0.4) is 0 Å². The van der Waals surface area contributed by atoms with Crippen LogP contribution in [-0.2, 0) is 4.79 Å². The lowest BCUT2D eigenvalue weighted by molar-refractivity contribution is -0.914. The van der Waals surface area contributed by atoms with E-state index >= 15 is 0 Å². The number of carbonyl (C=O) groups excluding carboxylic acids is 1. The summed E-state index contributed by atoms with van der Waals surface area (Å²) in [5.74, 6) is 1.21. The van der Waals surface area contributed by atoms with Crippen molar-refractivity contribution in [2.75, 3.05) is 36.4 Å². The van der Waals surface area contributed by atoms with Gasteiger partial charge in [0.1, 0.15) is 26.2 Å². The molecule has 1 aliphatic rings. The first-order chi connectivity index (χ1) is 14.2. The second-order valence-electron chi connectivity index (χ2n) is 7.52. The molecule has 2 aromatic carbocycles. The van der Waals surface area contributed by atoms with E-state index in [9.17, 15) is 4.79 Å². The maximum absolute atomic E-state index is 13.0. The van der Waals surface area contributed by atoms with Crippen molar-refractivity contribution in [1.29, 1.82) is 0 Å². The number of carbonyl (C=O) groups is 1. The predicted octanol–water partition coefficient (Wildman–Crippen LogP) is 1.90. The molecule has 1 saturated heterocycles. The highest BCUT2D eigenvalue weighted by atomic mass is 16.2. The fourth-order valence-corrected chi connectivity index (χ4v) is 3.94. The van der Waals surface area contributed by atoms with E-state index in [1.807, 2.05) is 61.7 Å². The number of anilines is 2. The molecule has 1 amide bonds. The topological polar surface area (TPSA) is 50.9 Å². The second kappa shape index (κ2) is 8.88. The molecule has 4 rings (SSSR count). The molecule has 5 heteroatoms. The van der Waals surface area contributed by atoms with Crippen LogP contribution >= 0.6 is 0 Å². The Morgan fingerprint density at radius 1 is 0.966 bits per heavy atom. The van der Waals surface area contributed by atoms with Crippen molar-refractivity contribution in [1.82, 2.24) is 0 Å². The molecule has 1 aromatic heterocycles. The standard InChI is InChI=1S/C24H26N4O/c1-19(27-15-17-28(18-16-27)23-13-7-8-14-25-23)24(29)26-22-12-6-5-11-21(22)20-9-3-2-4-10-20/h2-14,19H,15-18H2,1H3,(H,26,29)/p+2/t19-/m1/s1. The minimum atomic E-state index is -0.0965. The summed E-state index contributed by atoms with van der Waals surface area (Å²) in [6.45, 7) is 5.79. The molecular weight excluding hydrogens is 360 g/mol. The minimum Gasteiger partial charge on any atom is -0.320 e. The van der Waals surface area contributed by atoms with Crippen molar-refractivity contribution in [3.05, 3.63) is 79.0 Å². The van der Waals surface area contributed by atoms with E-state index in [1.54, 1.807) is 0 Å². The van der Waals surface area contributed by atoms with Crippen molar-refractivity contribution in [3.63, 3.8) is 0 Å². The third-order valence-electron chi connectivity index (χ3n) is 5.71. The molecule has 29 heavy (non-hydrogen) atoms. The first-order valence-electron chi connectivity index (χ1n) is 10.2. The van der Waals surface area contributed by atoms with Crippen molar-refractivity contribution < 1.29 is 14.7 Å². The molecular formula is C24H28N4O+2. The van der Waals surface area contributed by atoms with Crippen molar-refractivity contribution >= 4 is 17.4 Å². The number of aromatic amines is 1. The Morgan fingerprint density at radius 3 is 2.38 bits per heavy atom. The minimum absolute atomic E-state index is 0.0723. The van der Waals surface area contributed by atoms with Crippen LogP contribution in [-0.4, -0.2) is 38.1 Å². The largest absolute Gasteiger partial charge is 0.320 e. The van der Waals surface area contributed by atoms with Gasteiger partial charge in [0.15, 0.2) is 6.04 Å². The Bertz CT molecular complexity index is 937. The number of piperazine rings is 1. The number of quaternary nitrogens is 1. The zero-order valence-electron chi connectivity index (χ0n) is 16.8. The van der Waals surface area contributed by atoms with Crippen LogP contribution in [0.25, 0.3) is 11.1 Å². The molecule has 0 bridgehead atoms. The molecule has 2 heterocycles. The fourth-order valence-electron chi connectivity index (χ4n) is 3.94. The monoisotopic (exact) mass is 388 g/mol. The molecule has 3 aromatic rings. The highest BCUT2D eigenvalue weighted by Gasteiger charge is 2.32. The lowest BCUT2D eigenvalue weighted by Gasteiger charge is -2.31. The van der Waals surface area contributed by atoms with Gasteiger partial charge in [-0.3, -0.25) is 9.69 Å². The van der Waals surface area contributed by atoms with Gasteiger partial charge in [0, 0.05) is 17.3 Å². The van der Waals surface area contributed by atoms with E-state index < -0.39 is 0 Å². The number of hydrogen-bond acceptors (Lipinski definition) is 2. The second-order valence-corrected chi connectivity index (χ2v) is 7.52. The Kier molecular flexibility index (Phi) is 5.86.